The fraction of sp³-hybridized carbons (Fsp3) is 1.00. The Morgan fingerprint density at radius 1 is 0.300 bits per heavy atom. The molecule has 0 radical (unpaired) electrons. The first-order chi connectivity index (χ1) is 29.6. The van der Waals surface area contributed by atoms with Crippen LogP contribution in [0.15, 0.2) is 0 Å². The molecule has 0 amide bonds. The Balaban J connectivity index is 0.000000142. The first-order valence-electron chi connectivity index (χ1n) is 22.3. The van der Waals surface area contributed by atoms with E-state index in [1.807, 2.05) is 0 Å². The number of hydrogen-bond acceptors (Lipinski definition) is 18. The molecule has 9 aliphatic heterocycles. The maximum atomic E-state index is 5.88. The predicted molar refractivity (Wildman–Crippen MR) is 209 cm³/mol. The topological polar surface area (TPSA) is 196 Å². The summed E-state index contributed by atoms with van der Waals surface area (Å²) in [7, 11) is 0. The molecule has 9 aliphatic rings. The lowest BCUT2D eigenvalue weighted by Crippen LogP contribution is -2.43. The van der Waals surface area contributed by atoms with Crippen molar-refractivity contribution in [1.29, 1.82) is 0 Å². The molecule has 0 aliphatic carbocycles. The van der Waals surface area contributed by atoms with E-state index in [1.54, 1.807) is 0 Å². The minimum atomic E-state index is -0.354. The van der Waals surface area contributed by atoms with Crippen molar-refractivity contribution in [3.63, 3.8) is 0 Å². The molecule has 0 N–H and O–H groups in total. The summed E-state index contributed by atoms with van der Waals surface area (Å²) in [6, 6.07) is 0. The minimum absolute atomic E-state index is 0.0985. The molecule has 60 heavy (non-hydrogen) atoms. The van der Waals surface area contributed by atoms with Gasteiger partial charge in [-0.25, -0.2) is 0 Å². The lowest BCUT2D eigenvalue weighted by atomic mass is 9.88. The summed E-state index contributed by atoms with van der Waals surface area (Å²) in [5.41, 5.74) is -0.452. The van der Waals surface area contributed by atoms with E-state index in [1.165, 1.54) is 0 Å². The van der Waals surface area contributed by atoms with E-state index in [0.717, 1.165) is 105 Å². The highest BCUT2D eigenvalue weighted by molar-refractivity contribution is 4.84. The van der Waals surface area contributed by atoms with Gasteiger partial charge in [0.25, 0.3) is 0 Å². The maximum absolute atomic E-state index is 5.88. The molecule has 9 rings (SSSR count). The zero-order valence-corrected chi connectivity index (χ0v) is 35.8. The molecule has 9 saturated heterocycles. The second-order valence-electron chi connectivity index (χ2n) is 17.4. The Hall–Kier alpha value is -0.720. The van der Waals surface area contributed by atoms with Gasteiger partial charge in [0.2, 0.25) is 0 Å². The van der Waals surface area contributed by atoms with Crippen molar-refractivity contribution in [3.8, 4) is 0 Å². The average molecular weight is 865 g/mol. The predicted octanol–water partition coefficient (Wildman–Crippen LogP) is 0.861. The van der Waals surface area contributed by atoms with Crippen LogP contribution in [-0.2, 0) is 85.3 Å². The third kappa shape index (κ3) is 22.8. The summed E-state index contributed by atoms with van der Waals surface area (Å²) >= 11 is 0. The molecular formula is C42H72O18. The van der Waals surface area contributed by atoms with Crippen molar-refractivity contribution in [2.75, 3.05) is 178 Å². The summed E-state index contributed by atoms with van der Waals surface area (Å²) in [6.07, 6.45) is 5.69. The molecule has 0 aromatic heterocycles. The average Bonchev–Trinajstić information content (AvgIpc) is 4.06. The molecule has 0 bridgehead atoms. The highest BCUT2D eigenvalue weighted by atomic mass is 16.6. The van der Waals surface area contributed by atoms with E-state index in [-0.39, 0.29) is 35.2 Å². The van der Waals surface area contributed by atoms with Crippen LogP contribution in [0, 0.1) is 10.8 Å². The second kappa shape index (κ2) is 25.7. The Morgan fingerprint density at radius 2 is 0.483 bits per heavy atom. The number of hydrogen-bond donors (Lipinski definition) is 0. The monoisotopic (exact) mass is 864 g/mol. The molecule has 9 fully saturated rings. The molecule has 0 saturated carbocycles. The van der Waals surface area contributed by atoms with Crippen LogP contribution in [0.5, 0.6) is 0 Å². The van der Waals surface area contributed by atoms with Crippen LogP contribution in [0.25, 0.3) is 0 Å². The number of unbranched alkanes of at least 4 members (excludes halogenated alkanes) is 1. The summed E-state index contributed by atoms with van der Waals surface area (Å²) in [6.45, 7) is 21.1. The van der Waals surface area contributed by atoms with Gasteiger partial charge in [-0.2, -0.15) is 0 Å². The third-order valence-electron chi connectivity index (χ3n) is 10.8. The fourth-order valence-corrected chi connectivity index (χ4v) is 5.85. The van der Waals surface area contributed by atoms with Gasteiger partial charge in [0, 0.05) is 18.6 Å². The number of ether oxygens (including phenoxy) is 18. The molecule has 9 unspecified atom stereocenters. The first-order valence-corrected chi connectivity index (χ1v) is 22.3. The first kappa shape index (κ1) is 47.2. The van der Waals surface area contributed by atoms with Gasteiger partial charge in [0.05, 0.1) is 171 Å². The van der Waals surface area contributed by atoms with Gasteiger partial charge < -0.3 is 85.3 Å². The van der Waals surface area contributed by atoms with Crippen LogP contribution in [0.2, 0.25) is 0 Å². The Bertz CT molecular complexity index is 993. The van der Waals surface area contributed by atoms with Crippen molar-refractivity contribution in [1.82, 2.24) is 0 Å². The third-order valence-corrected chi connectivity index (χ3v) is 10.8. The number of epoxide rings is 9. The highest BCUT2D eigenvalue weighted by Crippen LogP contribution is 2.27. The Labute approximate surface area is 355 Å². The van der Waals surface area contributed by atoms with Gasteiger partial charge in [-0.3, -0.25) is 0 Å². The molecule has 9 heterocycles. The normalized spacial score (nSPS) is 32.6. The molecule has 18 nitrogen and oxygen atoms in total. The zero-order chi connectivity index (χ0) is 41.1. The Kier molecular flexibility index (Phi) is 20.2. The van der Waals surface area contributed by atoms with E-state index >= 15 is 0 Å². The molecule has 0 aromatic carbocycles. The highest BCUT2D eigenvalue weighted by Gasteiger charge is 2.38. The van der Waals surface area contributed by atoms with Crippen LogP contribution < -0.4 is 0 Å². The van der Waals surface area contributed by atoms with Gasteiger partial charge >= 0.3 is 0 Å². The number of rotatable bonds is 38. The van der Waals surface area contributed by atoms with Crippen LogP contribution >= 0.6 is 0 Å². The molecule has 0 aromatic rings. The van der Waals surface area contributed by atoms with Crippen LogP contribution in [0.4, 0.5) is 0 Å². The van der Waals surface area contributed by atoms with E-state index < -0.39 is 0 Å². The smallest absolute Gasteiger partial charge is 0.104 e. The van der Waals surface area contributed by atoms with Crippen LogP contribution in [0.3, 0.4) is 0 Å². The largest absolute Gasteiger partial charge is 0.379 e. The summed E-state index contributed by atoms with van der Waals surface area (Å²) < 4.78 is 98.2. The molecule has 9 atom stereocenters. The van der Waals surface area contributed by atoms with Gasteiger partial charge in [-0.1, -0.05) is 6.92 Å². The molecular weight excluding hydrogens is 792 g/mol. The van der Waals surface area contributed by atoms with E-state index in [2.05, 4.69) is 6.92 Å². The van der Waals surface area contributed by atoms with Crippen LogP contribution in [-0.4, -0.2) is 233 Å². The molecule has 18 heteroatoms. The lowest BCUT2D eigenvalue weighted by molar-refractivity contribution is -0.111. The molecule has 348 valence electrons. The van der Waals surface area contributed by atoms with Gasteiger partial charge in [0.15, 0.2) is 0 Å². The zero-order valence-electron chi connectivity index (χ0n) is 35.8. The summed E-state index contributed by atoms with van der Waals surface area (Å²) in [5.74, 6) is 0. The second-order valence-corrected chi connectivity index (χ2v) is 17.4. The SMILES string of the molecule is C(CCOCC1CO1)COCC1CO1.C(OCC(COCC1CO1)(COCC1CO1)COCC1CO1)C1CO1.CCC(COCC1CO1)(COCC1CO1)COCC1CO1. The summed E-state index contributed by atoms with van der Waals surface area (Å²) in [5, 5.41) is 0. The quantitative estimate of drug-likeness (QED) is 0.0626. The molecule has 0 spiro atoms. The maximum Gasteiger partial charge on any atom is 0.104 e. The van der Waals surface area contributed by atoms with Gasteiger partial charge in [-0.15, -0.1) is 0 Å². The van der Waals surface area contributed by atoms with Crippen LogP contribution in [0.1, 0.15) is 26.2 Å². The van der Waals surface area contributed by atoms with Crippen molar-refractivity contribution >= 4 is 0 Å². The van der Waals surface area contributed by atoms with Crippen molar-refractivity contribution in [2.45, 2.75) is 81.1 Å². The summed E-state index contributed by atoms with van der Waals surface area (Å²) in [4.78, 5) is 0. The Morgan fingerprint density at radius 3 is 0.667 bits per heavy atom. The van der Waals surface area contributed by atoms with Crippen molar-refractivity contribution < 1.29 is 85.3 Å². The van der Waals surface area contributed by atoms with Gasteiger partial charge in [-0.05, 0) is 19.3 Å². The lowest BCUT2D eigenvalue weighted by Gasteiger charge is -2.32. The standard InChI is InChI=1S/C17H28O8.C15H26O6.C10H18O4/c1(13-5-22-13)18-9-17(10-19-2-14-6-23-14,11-20-3-15-7-24-15)12-21-4-16-8-25-16;1-2-15(9-16-3-12-6-19-12,10-17-4-13-7-20-13)11-18-5-14-8-21-14;1(3-11-5-9-7-13-9)2-4-12-6-10-8-14-10/h13-16H,1-12H2;12-14H,2-11H2,1H3;9-10H,1-8H2. The van der Waals surface area contributed by atoms with Crippen molar-refractivity contribution in [2.24, 2.45) is 10.8 Å². The van der Waals surface area contributed by atoms with E-state index in [4.69, 9.17) is 85.3 Å². The minimum Gasteiger partial charge on any atom is -0.379 e. The van der Waals surface area contributed by atoms with E-state index in [0.29, 0.717) is 123 Å². The fourth-order valence-electron chi connectivity index (χ4n) is 5.85. The van der Waals surface area contributed by atoms with E-state index in [9.17, 15) is 0 Å². The van der Waals surface area contributed by atoms with Crippen molar-refractivity contribution in [3.05, 3.63) is 0 Å². The van der Waals surface area contributed by atoms with Gasteiger partial charge in [0.1, 0.15) is 54.9 Å².